The van der Waals surface area contributed by atoms with Crippen molar-refractivity contribution < 1.29 is 30.8 Å². The monoisotopic (exact) mass is 484 g/mol. The van der Waals surface area contributed by atoms with Crippen LogP contribution in [0.5, 0.6) is 0 Å². The first-order valence-electron chi connectivity index (χ1n) is 12.6. The highest BCUT2D eigenvalue weighted by Gasteiger charge is 2.34. The smallest absolute Gasteiger partial charge is 0.279 e. The molecule has 9 nitrogen and oxygen atoms in total. The SMILES string of the molecule is [CH2+]CCN(CC[NH3+])C(=O)CC([NH3+])C(=O)NC(C(=O)Nc1c[nH+]c2ccccc2c1)C1CCCCC1. The zero-order valence-electron chi connectivity index (χ0n) is 20.6. The van der Waals surface area contributed by atoms with Gasteiger partial charge >= 0.3 is 0 Å². The number of anilines is 1. The molecule has 9 N–H and O–H groups in total. The van der Waals surface area contributed by atoms with Crippen molar-refractivity contribution in [1.29, 1.82) is 0 Å². The van der Waals surface area contributed by atoms with Crippen LogP contribution >= 0.6 is 0 Å². The summed E-state index contributed by atoms with van der Waals surface area (Å²) in [6, 6.07) is 8.28. The number of hydrogen-bond acceptors (Lipinski definition) is 3. The van der Waals surface area contributed by atoms with Crippen molar-refractivity contribution in [2.75, 3.05) is 25.0 Å². The first kappa shape index (κ1) is 26.4. The van der Waals surface area contributed by atoms with Gasteiger partial charge in [-0.25, -0.2) is 4.98 Å². The lowest BCUT2D eigenvalue weighted by molar-refractivity contribution is -0.403. The first-order valence-corrected chi connectivity index (χ1v) is 12.6. The van der Waals surface area contributed by atoms with Crippen LogP contribution < -0.4 is 27.1 Å². The van der Waals surface area contributed by atoms with Crippen molar-refractivity contribution in [1.82, 2.24) is 10.2 Å². The summed E-state index contributed by atoms with van der Waals surface area (Å²) < 4.78 is 0. The molecule has 35 heavy (non-hydrogen) atoms. The molecule has 2 unspecified atom stereocenters. The van der Waals surface area contributed by atoms with Crippen LogP contribution in [0.1, 0.15) is 44.9 Å². The second-order valence-electron chi connectivity index (χ2n) is 9.34. The largest absolute Gasteiger partial charge is 0.356 e. The van der Waals surface area contributed by atoms with Gasteiger partial charge in [-0.2, -0.15) is 0 Å². The minimum absolute atomic E-state index is 0.00945. The molecule has 3 amide bonds. The molecule has 0 spiro atoms. The highest BCUT2D eigenvalue weighted by Crippen LogP contribution is 2.27. The molecule has 188 valence electrons. The van der Waals surface area contributed by atoms with Gasteiger partial charge in [0.2, 0.25) is 17.3 Å². The topological polar surface area (TPSA) is 148 Å². The van der Waals surface area contributed by atoms with E-state index in [-0.39, 0.29) is 30.1 Å². The van der Waals surface area contributed by atoms with Crippen LogP contribution in [0.3, 0.4) is 0 Å². The maximum absolute atomic E-state index is 13.4. The van der Waals surface area contributed by atoms with Gasteiger partial charge in [0.05, 0.1) is 33.0 Å². The maximum atomic E-state index is 13.4. The summed E-state index contributed by atoms with van der Waals surface area (Å²) in [6.45, 7) is 5.46. The molecule has 1 aliphatic carbocycles. The zero-order chi connectivity index (χ0) is 25.2. The number of aromatic amines is 1. The van der Waals surface area contributed by atoms with Crippen LogP contribution in [0.4, 0.5) is 5.69 Å². The lowest BCUT2D eigenvalue weighted by Crippen LogP contribution is -2.70. The van der Waals surface area contributed by atoms with Crippen LogP contribution in [-0.2, 0) is 14.4 Å². The van der Waals surface area contributed by atoms with Crippen LogP contribution in [0.2, 0.25) is 0 Å². The highest BCUT2D eigenvalue weighted by molar-refractivity contribution is 5.99. The number of carbonyl (C=O) groups excluding carboxylic acids is 3. The molecule has 0 aliphatic heterocycles. The van der Waals surface area contributed by atoms with E-state index in [1.54, 1.807) is 11.1 Å². The molecule has 1 fully saturated rings. The minimum atomic E-state index is -0.785. The number of nitrogens with zero attached hydrogens (tertiary/aromatic N) is 1. The summed E-state index contributed by atoms with van der Waals surface area (Å²) in [5.41, 5.74) is 9.35. The van der Waals surface area contributed by atoms with Gasteiger partial charge in [-0.05, 0) is 30.9 Å². The lowest BCUT2D eigenvalue weighted by atomic mass is 9.83. The summed E-state index contributed by atoms with van der Waals surface area (Å²) in [5.74, 6) is -0.715. The van der Waals surface area contributed by atoms with E-state index in [0.29, 0.717) is 31.7 Å². The molecule has 2 aromatic rings. The molecule has 9 heteroatoms. The fourth-order valence-corrected chi connectivity index (χ4v) is 4.72. The van der Waals surface area contributed by atoms with E-state index in [1.807, 2.05) is 30.3 Å². The molecule has 1 aromatic heterocycles. The van der Waals surface area contributed by atoms with Crippen molar-refractivity contribution in [2.45, 2.75) is 57.0 Å². The van der Waals surface area contributed by atoms with Gasteiger partial charge in [-0.15, -0.1) is 0 Å². The summed E-state index contributed by atoms with van der Waals surface area (Å²) in [6.07, 6.45) is 7.30. The standard InChI is InChI=1S/C26H36N6O3/c1-2-13-32(14-12-27)23(33)16-21(28)25(34)31-24(18-8-4-3-5-9-18)26(35)30-20-15-19-10-6-7-11-22(19)29-17-20/h6-7,10-11,15,17-18,21,24H,1-5,8-9,12-14,16,27-28H2,(H-,30,31,34,35)/p+4. The Balaban J connectivity index is 1.69. The number of carbonyl (C=O) groups is 3. The number of benzene rings is 1. The van der Waals surface area contributed by atoms with Gasteiger partial charge in [-0.3, -0.25) is 14.4 Å². The van der Waals surface area contributed by atoms with Crippen LogP contribution in [-0.4, -0.2) is 54.3 Å². The van der Waals surface area contributed by atoms with Crippen molar-refractivity contribution in [3.63, 3.8) is 0 Å². The van der Waals surface area contributed by atoms with Crippen molar-refractivity contribution >= 4 is 34.3 Å². The van der Waals surface area contributed by atoms with Crippen LogP contribution in [0.15, 0.2) is 36.5 Å². The number of hydrogen-bond donors (Lipinski definition) is 4. The molecule has 0 radical (unpaired) electrons. The number of quaternary nitrogens is 2. The summed E-state index contributed by atoms with van der Waals surface area (Å²) in [5, 5.41) is 6.89. The lowest BCUT2D eigenvalue weighted by Gasteiger charge is -2.30. The minimum Gasteiger partial charge on any atom is -0.356 e. The Labute approximate surface area is 207 Å². The Morgan fingerprint density at radius 1 is 1.11 bits per heavy atom. The van der Waals surface area contributed by atoms with E-state index in [0.717, 1.165) is 43.0 Å². The van der Waals surface area contributed by atoms with Gasteiger partial charge in [-0.1, -0.05) is 31.4 Å². The zero-order valence-corrected chi connectivity index (χ0v) is 20.6. The Kier molecular flexibility index (Phi) is 9.86. The van der Waals surface area contributed by atoms with E-state index in [4.69, 9.17) is 0 Å². The van der Waals surface area contributed by atoms with E-state index < -0.39 is 12.1 Å². The normalized spacial score (nSPS) is 15.8. The fourth-order valence-electron chi connectivity index (χ4n) is 4.72. The van der Waals surface area contributed by atoms with Crippen molar-refractivity contribution in [3.8, 4) is 0 Å². The Hall–Kier alpha value is -3.17. The number of nitrogens with one attached hydrogen (secondary N) is 3. The Bertz CT molecular complexity index is 1000. The fraction of sp³-hybridized carbons (Fsp3) is 0.500. The molecule has 2 atom stereocenters. The predicted molar refractivity (Wildman–Crippen MR) is 133 cm³/mol. The number of pyridine rings is 1. The van der Waals surface area contributed by atoms with Gasteiger partial charge in [0.25, 0.3) is 5.91 Å². The molecule has 1 heterocycles. The van der Waals surface area contributed by atoms with Crippen molar-refractivity contribution in [3.05, 3.63) is 43.5 Å². The number of para-hydroxylation sites is 1. The Morgan fingerprint density at radius 2 is 1.86 bits per heavy atom. The molecular weight excluding hydrogens is 444 g/mol. The summed E-state index contributed by atoms with van der Waals surface area (Å²) in [7, 11) is 0. The third-order valence-corrected chi connectivity index (χ3v) is 6.62. The Morgan fingerprint density at radius 3 is 2.57 bits per heavy atom. The third-order valence-electron chi connectivity index (χ3n) is 6.62. The van der Waals surface area contributed by atoms with Gasteiger partial charge < -0.3 is 27.0 Å². The van der Waals surface area contributed by atoms with Crippen molar-refractivity contribution in [2.24, 2.45) is 5.92 Å². The van der Waals surface area contributed by atoms with Gasteiger partial charge in [0.15, 0.2) is 12.2 Å². The molecule has 1 aromatic carbocycles. The predicted octanol–water partition coefficient (Wildman–Crippen LogP) is -0.0472. The molecule has 0 bridgehead atoms. The van der Waals surface area contributed by atoms with Gasteiger partial charge in [0.1, 0.15) is 18.2 Å². The molecular formula is C26H40N6O3+4. The number of amides is 3. The number of aromatic nitrogens is 1. The number of fused-ring (bicyclic) bond motifs is 1. The number of rotatable bonds is 11. The van der Waals surface area contributed by atoms with Crippen LogP contribution in [0, 0.1) is 12.8 Å². The third kappa shape index (κ3) is 7.40. The quantitative estimate of drug-likeness (QED) is 0.332. The molecule has 0 saturated heterocycles. The average Bonchev–Trinajstić information content (AvgIpc) is 2.87. The van der Waals surface area contributed by atoms with E-state index in [2.05, 4.69) is 34.0 Å². The molecule has 3 rings (SSSR count). The van der Waals surface area contributed by atoms with Gasteiger partial charge in [0, 0.05) is 11.5 Å². The second-order valence-corrected chi connectivity index (χ2v) is 9.34. The average molecular weight is 485 g/mol. The molecule has 1 saturated carbocycles. The van der Waals surface area contributed by atoms with E-state index in [1.165, 1.54) is 0 Å². The maximum Gasteiger partial charge on any atom is 0.279 e. The first-order chi connectivity index (χ1) is 16.9. The summed E-state index contributed by atoms with van der Waals surface area (Å²) in [4.78, 5) is 43.9. The van der Waals surface area contributed by atoms with E-state index in [9.17, 15) is 14.4 Å². The van der Waals surface area contributed by atoms with Crippen LogP contribution in [0.25, 0.3) is 10.9 Å². The highest BCUT2D eigenvalue weighted by atomic mass is 16.2. The molecule has 1 aliphatic rings. The van der Waals surface area contributed by atoms with E-state index >= 15 is 0 Å². The number of H-pyrrole nitrogens is 1. The second kappa shape index (κ2) is 13.1. The summed E-state index contributed by atoms with van der Waals surface area (Å²) >= 11 is 0.